The van der Waals surface area contributed by atoms with Crippen molar-refractivity contribution in [1.29, 1.82) is 0 Å². The molecule has 1 aromatic rings. The molecule has 0 spiro atoms. The fourth-order valence-electron chi connectivity index (χ4n) is 2.62. The van der Waals surface area contributed by atoms with Crippen LogP contribution in [0.1, 0.15) is 53.5 Å². The number of esters is 1. The van der Waals surface area contributed by atoms with Crippen molar-refractivity contribution < 1.29 is 52.3 Å². The van der Waals surface area contributed by atoms with Gasteiger partial charge in [0.25, 0.3) is 0 Å². The molecule has 0 saturated heterocycles. The van der Waals surface area contributed by atoms with E-state index in [0.717, 1.165) is 0 Å². The van der Waals surface area contributed by atoms with Gasteiger partial charge in [-0.3, -0.25) is 4.79 Å². The number of rotatable bonds is 14. The van der Waals surface area contributed by atoms with Crippen molar-refractivity contribution in [2.75, 3.05) is 26.4 Å². The van der Waals surface area contributed by atoms with E-state index >= 15 is 0 Å². The Bertz CT molecular complexity index is 916. The van der Waals surface area contributed by atoms with E-state index in [1.54, 1.807) is 6.07 Å². The molecular weight excluding hydrogens is 502 g/mol. The van der Waals surface area contributed by atoms with Crippen molar-refractivity contribution in [1.82, 2.24) is 0 Å². The normalized spacial score (nSPS) is 12.3. The molecule has 12 heteroatoms. The van der Waals surface area contributed by atoms with E-state index in [0.29, 0.717) is 12.0 Å². The number of hydrogen-bond donors (Lipinski definition) is 1. The highest BCUT2D eigenvalue weighted by Crippen LogP contribution is 2.30. The number of carbonyl (C=O) groups is 4. The predicted octanol–water partition coefficient (Wildman–Crippen LogP) is 4.39. The molecule has 0 saturated carbocycles. The Morgan fingerprint density at radius 3 is 1.87 bits per heavy atom. The molecule has 0 radical (unpaired) electrons. The molecule has 0 aromatic heterocycles. The summed E-state index contributed by atoms with van der Waals surface area (Å²) in [6.45, 7) is 11.1. The van der Waals surface area contributed by atoms with Crippen LogP contribution in [0, 0.1) is 11.8 Å². The van der Waals surface area contributed by atoms with E-state index in [2.05, 4.69) is 0 Å². The molecule has 1 rings (SSSR count). The lowest BCUT2D eigenvalue weighted by Gasteiger charge is -2.17. The maximum absolute atomic E-state index is 12.4. The number of carbonyl (C=O) groups excluding carboxylic acids is 4. The minimum atomic E-state index is -1.09. The van der Waals surface area contributed by atoms with Crippen LogP contribution in [0.15, 0.2) is 18.2 Å². The molecule has 0 fully saturated rings. The van der Waals surface area contributed by atoms with Crippen molar-refractivity contribution in [3.63, 3.8) is 0 Å². The number of hydrogen-bond acceptors (Lipinski definition) is 12. The van der Waals surface area contributed by atoms with Gasteiger partial charge >= 0.3 is 24.4 Å². The van der Waals surface area contributed by atoms with Crippen LogP contribution in [0.5, 0.6) is 11.5 Å². The summed E-state index contributed by atoms with van der Waals surface area (Å²) in [7, 11) is 0. The molecule has 0 unspecified atom stereocenters. The second-order valence-electron chi connectivity index (χ2n) is 9.36. The number of ether oxygens (including phenoxy) is 7. The van der Waals surface area contributed by atoms with E-state index in [9.17, 15) is 19.2 Å². The van der Waals surface area contributed by atoms with Gasteiger partial charge < -0.3 is 38.9 Å². The van der Waals surface area contributed by atoms with Gasteiger partial charge in [0, 0.05) is 0 Å². The zero-order valence-electron chi connectivity index (χ0n) is 22.9. The van der Waals surface area contributed by atoms with Gasteiger partial charge in [0.15, 0.2) is 11.5 Å². The summed E-state index contributed by atoms with van der Waals surface area (Å²) in [5.41, 5.74) is 6.48. The molecule has 0 aliphatic heterocycles. The topological polar surface area (TPSA) is 159 Å². The van der Waals surface area contributed by atoms with Crippen LogP contribution in [-0.4, -0.2) is 63.0 Å². The number of nitrogens with two attached hydrogens (primary N) is 1. The molecule has 214 valence electrons. The van der Waals surface area contributed by atoms with Crippen molar-refractivity contribution in [2.45, 2.75) is 66.5 Å². The van der Waals surface area contributed by atoms with Gasteiger partial charge in [-0.15, -0.1) is 0 Å². The Morgan fingerprint density at radius 2 is 1.32 bits per heavy atom. The fourth-order valence-corrected chi connectivity index (χ4v) is 2.62. The zero-order valence-corrected chi connectivity index (χ0v) is 22.9. The highest BCUT2D eigenvalue weighted by Gasteiger charge is 2.22. The molecule has 38 heavy (non-hydrogen) atoms. The van der Waals surface area contributed by atoms with Gasteiger partial charge in [-0.05, 0) is 49.3 Å². The highest BCUT2D eigenvalue weighted by atomic mass is 16.7. The summed E-state index contributed by atoms with van der Waals surface area (Å²) in [4.78, 5) is 48.0. The van der Waals surface area contributed by atoms with Crippen molar-refractivity contribution >= 4 is 24.4 Å². The van der Waals surface area contributed by atoms with E-state index in [1.807, 2.05) is 34.6 Å². The van der Waals surface area contributed by atoms with Crippen LogP contribution in [0.2, 0.25) is 0 Å². The second kappa shape index (κ2) is 17.1. The van der Waals surface area contributed by atoms with Gasteiger partial charge in [-0.25, -0.2) is 14.4 Å². The highest BCUT2D eigenvalue weighted by molar-refractivity contribution is 5.76. The first kappa shape index (κ1) is 32.5. The first-order chi connectivity index (χ1) is 17.9. The minimum Gasteiger partial charge on any atom is -0.458 e. The second-order valence-corrected chi connectivity index (χ2v) is 9.36. The third-order valence-electron chi connectivity index (χ3n) is 4.40. The maximum Gasteiger partial charge on any atom is 0.513 e. The van der Waals surface area contributed by atoms with Crippen LogP contribution < -0.4 is 15.2 Å². The third-order valence-corrected chi connectivity index (χ3v) is 4.40. The van der Waals surface area contributed by atoms with Gasteiger partial charge in [0.2, 0.25) is 0 Å². The molecule has 2 atom stereocenters. The molecule has 2 N–H and O–H groups in total. The fraction of sp³-hybridized carbons (Fsp3) is 0.615. The Labute approximate surface area is 223 Å². The van der Waals surface area contributed by atoms with Gasteiger partial charge in [-0.2, -0.15) is 0 Å². The summed E-state index contributed by atoms with van der Waals surface area (Å²) < 4.78 is 35.4. The molecule has 0 aliphatic rings. The average molecular weight is 542 g/mol. The SMILES string of the molecule is CCCOC(=O)OC[C@H](C)OC(=O)[C@@H](N)Cc1ccc(OC(=O)OCC(C)C)c(OC(=O)OCC(C)C)c1. The van der Waals surface area contributed by atoms with Crippen molar-refractivity contribution in [3.8, 4) is 11.5 Å². The smallest absolute Gasteiger partial charge is 0.458 e. The zero-order chi connectivity index (χ0) is 28.7. The Morgan fingerprint density at radius 1 is 0.763 bits per heavy atom. The van der Waals surface area contributed by atoms with Crippen LogP contribution in [-0.2, 0) is 34.9 Å². The average Bonchev–Trinajstić information content (AvgIpc) is 2.85. The Balaban J connectivity index is 2.85. The summed E-state index contributed by atoms with van der Waals surface area (Å²) in [5, 5.41) is 0. The first-order valence-corrected chi connectivity index (χ1v) is 12.5. The lowest BCUT2D eigenvalue weighted by molar-refractivity contribution is -0.152. The summed E-state index contributed by atoms with van der Waals surface area (Å²) in [5.74, 6) is -0.766. The largest absolute Gasteiger partial charge is 0.513 e. The Hall–Kier alpha value is -3.54. The molecule has 0 amide bonds. The first-order valence-electron chi connectivity index (χ1n) is 12.5. The standard InChI is InChI=1S/C26H39NO11/c1-7-10-32-24(29)35-15-18(6)36-23(28)20(27)11-19-8-9-21(37-25(30)33-13-16(2)3)22(12-19)38-26(31)34-14-17(4)5/h8-9,12,16-18,20H,7,10-11,13-15,27H2,1-6H3/t18-,20-/m0/s1. The molecule has 1 aromatic carbocycles. The van der Waals surface area contributed by atoms with Gasteiger partial charge in [-0.1, -0.05) is 40.7 Å². The molecule has 12 nitrogen and oxygen atoms in total. The lowest BCUT2D eigenvalue weighted by Crippen LogP contribution is -2.37. The molecule has 0 aliphatic carbocycles. The molecule has 0 bridgehead atoms. The summed E-state index contributed by atoms with van der Waals surface area (Å²) >= 11 is 0. The lowest BCUT2D eigenvalue weighted by atomic mass is 10.1. The maximum atomic E-state index is 12.4. The summed E-state index contributed by atoms with van der Waals surface area (Å²) in [6, 6.07) is 3.23. The minimum absolute atomic E-state index is 0.000426. The van der Waals surface area contributed by atoms with Gasteiger partial charge in [0.1, 0.15) is 18.8 Å². The third kappa shape index (κ3) is 13.7. The van der Waals surface area contributed by atoms with Crippen molar-refractivity contribution in [2.24, 2.45) is 17.6 Å². The van der Waals surface area contributed by atoms with E-state index in [4.69, 9.17) is 38.9 Å². The monoisotopic (exact) mass is 541 g/mol. The van der Waals surface area contributed by atoms with Crippen LogP contribution in [0.25, 0.3) is 0 Å². The quantitative estimate of drug-likeness (QED) is 0.201. The van der Waals surface area contributed by atoms with Crippen LogP contribution in [0.3, 0.4) is 0 Å². The van der Waals surface area contributed by atoms with Gasteiger partial charge in [0.05, 0.1) is 19.8 Å². The van der Waals surface area contributed by atoms with E-state index in [1.165, 1.54) is 19.1 Å². The molecule has 0 heterocycles. The number of benzene rings is 1. The van der Waals surface area contributed by atoms with E-state index < -0.39 is 36.6 Å². The van der Waals surface area contributed by atoms with E-state index in [-0.39, 0.29) is 56.2 Å². The Kier molecular flexibility index (Phi) is 14.6. The van der Waals surface area contributed by atoms with Crippen LogP contribution in [0.4, 0.5) is 14.4 Å². The van der Waals surface area contributed by atoms with Crippen LogP contribution >= 0.6 is 0 Å². The summed E-state index contributed by atoms with van der Waals surface area (Å²) in [6.07, 6.45) is -2.93. The van der Waals surface area contributed by atoms with Crippen molar-refractivity contribution in [3.05, 3.63) is 23.8 Å². The molecular formula is C26H39NO11. The predicted molar refractivity (Wildman–Crippen MR) is 135 cm³/mol.